The van der Waals surface area contributed by atoms with Crippen molar-refractivity contribution in [3.8, 4) is 0 Å². The number of aromatic nitrogens is 1. The molecule has 0 radical (unpaired) electrons. The molecule has 1 aromatic rings. The summed E-state index contributed by atoms with van der Waals surface area (Å²) in [7, 11) is 2.11. The predicted octanol–water partition coefficient (Wildman–Crippen LogP) is 3.01. The van der Waals surface area contributed by atoms with E-state index in [0.717, 1.165) is 35.7 Å². The lowest BCUT2D eigenvalue weighted by Crippen LogP contribution is -2.30. The summed E-state index contributed by atoms with van der Waals surface area (Å²) in [5, 5.41) is 9.85. The van der Waals surface area contributed by atoms with Crippen LogP contribution in [0.3, 0.4) is 0 Å². The van der Waals surface area contributed by atoms with E-state index in [2.05, 4.69) is 16.9 Å². The van der Waals surface area contributed by atoms with Gasteiger partial charge in [0.2, 0.25) is 0 Å². The van der Waals surface area contributed by atoms with Gasteiger partial charge in [0.05, 0.1) is 6.10 Å². The van der Waals surface area contributed by atoms with E-state index in [1.165, 1.54) is 25.7 Å². The Kier molecular flexibility index (Phi) is 3.48. The molecule has 3 rings (SSSR count). The number of rotatable bonds is 4. The number of pyridine rings is 1. The Morgan fingerprint density at radius 3 is 2.89 bits per heavy atom. The van der Waals surface area contributed by atoms with Crippen molar-refractivity contribution in [2.75, 3.05) is 18.5 Å². The molecule has 2 aliphatic carbocycles. The standard InChI is InChI=1S/C16H24N2O/c1-11(19)15-4-3-7-17-16(15)18(2)10-14-9-12-5-6-13(14)8-12/h3-4,7,11-14,19H,5-6,8-10H2,1-2H3/t11-,12?,13?,14?/m1/s1. The lowest BCUT2D eigenvalue weighted by atomic mass is 9.88. The fourth-order valence-electron chi connectivity index (χ4n) is 4.09. The zero-order valence-electron chi connectivity index (χ0n) is 11.9. The average Bonchev–Trinajstić information content (AvgIpc) is 3.01. The van der Waals surface area contributed by atoms with Gasteiger partial charge in [-0.05, 0) is 50.0 Å². The van der Waals surface area contributed by atoms with Gasteiger partial charge in [-0.2, -0.15) is 0 Å². The minimum atomic E-state index is -0.453. The molecule has 2 fully saturated rings. The topological polar surface area (TPSA) is 36.4 Å². The summed E-state index contributed by atoms with van der Waals surface area (Å²) in [5.41, 5.74) is 0.938. The largest absolute Gasteiger partial charge is 0.389 e. The number of anilines is 1. The lowest BCUT2D eigenvalue weighted by molar-refractivity contribution is 0.199. The quantitative estimate of drug-likeness (QED) is 0.904. The number of aliphatic hydroxyl groups is 1. The second-order valence-electron chi connectivity index (χ2n) is 6.41. The third-order valence-corrected chi connectivity index (χ3v) is 5.02. The van der Waals surface area contributed by atoms with Gasteiger partial charge in [-0.25, -0.2) is 4.98 Å². The Morgan fingerprint density at radius 1 is 1.42 bits per heavy atom. The summed E-state index contributed by atoms with van der Waals surface area (Å²) in [6, 6.07) is 3.88. The molecule has 0 spiro atoms. The molecule has 3 nitrogen and oxygen atoms in total. The van der Waals surface area contributed by atoms with Crippen LogP contribution in [0, 0.1) is 17.8 Å². The molecule has 1 N–H and O–H groups in total. The summed E-state index contributed by atoms with van der Waals surface area (Å²) in [6.45, 7) is 2.89. The van der Waals surface area contributed by atoms with E-state index in [4.69, 9.17) is 0 Å². The van der Waals surface area contributed by atoms with E-state index in [1.807, 2.05) is 25.3 Å². The van der Waals surface area contributed by atoms with Gasteiger partial charge < -0.3 is 10.0 Å². The van der Waals surface area contributed by atoms with Crippen molar-refractivity contribution in [1.29, 1.82) is 0 Å². The maximum absolute atomic E-state index is 9.85. The number of hydrogen-bond acceptors (Lipinski definition) is 3. The first-order valence-corrected chi connectivity index (χ1v) is 7.49. The Labute approximate surface area is 115 Å². The average molecular weight is 260 g/mol. The van der Waals surface area contributed by atoms with Crippen molar-refractivity contribution in [3.05, 3.63) is 23.9 Å². The maximum atomic E-state index is 9.85. The molecule has 4 atom stereocenters. The molecule has 0 amide bonds. The Bertz CT molecular complexity index is 446. The van der Waals surface area contributed by atoms with E-state index in [0.29, 0.717) is 0 Å². The van der Waals surface area contributed by atoms with Crippen molar-refractivity contribution in [1.82, 2.24) is 4.98 Å². The van der Waals surface area contributed by atoms with Crippen LogP contribution in [0.5, 0.6) is 0 Å². The highest BCUT2D eigenvalue weighted by atomic mass is 16.3. The van der Waals surface area contributed by atoms with Crippen molar-refractivity contribution in [2.45, 2.75) is 38.7 Å². The van der Waals surface area contributed by atoms with E-state index < -0.39 is 6.10 Å². The van der Waals surface area contributed by atoms with Gasteiger partial charge >= 0.3 is 0 Å². The maximum Gasteiger partial charge on any atom is 0.134 e. The second-order valence-corrected chi connectivity index (χ2v) is 6.41. The first kappa shape index (κ1) is 12.9. The monoisotopic (exact) mass is 260 g/mol. The molecule has 3 unspecified atom stereocenters. The van der Waals surface area contributed by atoms with E-state index >= 15 is 0 Å². The first-order chi connectivity index (χ1) is 9.15. The Morgan fingerprint density at radius 2 is 2.26 bits per heavy atom. The van der Waals surface area contributed by atoms with Gasteiger partial charge in [-0.15, -0.1) is 0 Å². The van der Waals surface area contributed by atoms with Crippen LogP contribution in [-0.4, -0.2) is 23.7 Å². The van der Waals surface area contributed by atoms with Gasteiger partial charge in [0.1, 0.15) is 5.82 Å². The number of nitrogens with zero attached hydrogens (tertiary/aromatic N) is 2. The number of fused-ring (bicyclic) bond motifs is 2. The number of hydrogen-bond donors (Lipinski definition) is 1. The lowest BCUT2D eigenvalue weighted by Gasteiger charge is -2.29. The van der Waals surface area contributed by atoms with Crippen molar-refractivity contribution in [2.24, 2.45) is 17.8 Å². The second kappa shape index (κ2) is 5.12. The van der Waals surface area contributed by atoms with Crippen molar-refractivity contribution >= 4 is 5.82 Å². The van der Waals surface area contributed by atoms with Gasteiger partial charge in [0, 0.05) is 25.4 Å². The summed E-state index contributed by atoms with van der Waals surface area (Å²) in [5.74, 6) is 3.70. The smallest absolute Gasteiger partial charge is 0.134 e. The molecule has 0 aromatic carbocycles. The molecule has 2 saturated carbocycles. The van der Waals surface area contributed by atoms with Crippen LogP contribution in [0.15, 0.2) is 18.3 Å². The highest BCUT2D eigenvalue weighted by Gasteiger charge is 2.39. The normalized spacial score (nSPS) is 30.6. The molecule has 1 aromatic heterocycles. The summed E-state index contributed by atoms with van der Waals surface area (Å²) >= 11 is 0. The van der Waals surface area contributed by atoms with Crippen LogP contribution in [0.1, 0.15) is 44.3 Å². The van der Waals surface area contributed by atoms with Gasteiger partial charge in [0.25, 0.3) is 0 Å². The molecule has 1 heterocycles. The fourth-order valence-corrected chi connectivity index (χ4v) is 4.09. The van der Waals surface area contributed by atoms with Gasteiger partial charge in [0.15, 0.2) is 0 Å². The first-order valence-electron chi connectivity index (χ1n) is 7.49. The molecule has 3 heteroatoms. The molecule has 0 aliphatic heterocycles. The zero-order valence-corrected chi connectivity index (χ0v) is 11.9. The van der Waals surface area contributed by atoms with Crippen LogP contribution in [0.2, 0.25) is 0 Å². The zero-order chi connectivity index (χ0) is 13.4. The summed E-state index contributed by atoms with van der Waals surface area (Å²) in [6.07, 6.45) is 7.09. The molecule has 0 saturated heterocycles. The molecular weight excluding hydrogens is 236 g/mol. The molecule has 104 valence electrons. The highest BCUT2D eigenvalue weighted by Crippen LogP contribution is 2.48. The highest BCUT2D eigenvalue weighted by molar-refractivity contribution is 5.47. The Hall–Kier alpha value is -1.09. The van der Waals surface area contributed by atoms with Crippen LogP contribution in [0.4, 0.5) is 5.82 Å². The fraction of sp³-hybridized carbons (Fsp3) is 0.688. The minimum Gasteiger partial charge on any atom is -0.389 e. The van der Waals surface area contributed by atoms with Crippen LogP contribution >= 0.6 is 0 Å². The third kappa shape index (κ3) is 2.48. The van der Waals surface area contributed by atoms with E-state index in [9.17, 15) is 5.11 Å². The SMILES string of the molecule is C[C@@H](O)c1cccnc1N(C)CC1CC2CCC1C2. The molecule has 19 heavy (non-hydrogen) atoms. The van der Waals surface area contributed by atoms with Crippen LogP contribution < -0.4 is 4.90 Å². The van der Waals surface area contributed by atoms with Crippen molar-refractivity contribution < 1.29 is 5.11 Å². The Balaban J connectivity index is 1.72. The van der Waals surface area contributed by atoms with E-state index in [1.54, 1.807) is 0 Å². The molecular formula is C16H24N2O. The number of aliphatic hydroxyl groups excluding tert-OH is 1. The van der Waals surface area contributed by atoms with Gasteiger partial charge in [-0.1, -0.05) is 12.5 Å². The minimum absolute atomic E-state index is 0.453. The van der Waals surface area contributed by atoms with Crippen LogP contribution in [-0.2, 0) is 0 Å². The van der Waals surface area contributed by atoms with E-state index in [-0.39, 0.29) is 0 Å². The summed E-state index contributed by atoms with van der Waals surface area (Å²) < 4.78 is 0. The van der Waals surface area contributed by atoms with Crippen LogP contribution in [0.25, 0.3) is 0 Å². The summed E-state index contributed by atoms with van der Waals surface area (Å²) in [4.78, 5) is 6.71. The van der Waals surface area contributed by atoms with Crippen molar-refractivity contribution in [3.63, 3.8) is 0 Å². The van der Waals surface area contributed by atoms with Gasteiger partial charge in [-0.3, -0.25) is 0 Å². The molecule has 2 bridgehead atoms. The predicted molar refractivity (Wildman–Crippen MR) is 77.1 cm³/mol. The molecule has 2 aliphatic rings. The third-order valence-electron chi connectivity index (χ3n) is 5.02.